The third-order valence-electron chi connectivity index (χ3n) is 6.90. The SMILES string of the molecule is CCNC[C@H]1O[C@H](O[C@@H]2[C@@H](O)[C@H](O[C@H]3O[C@H](CN)[C@@H](O)[C@H](O)[C@H]3O)[C@@H](N)C[C@H]2N)[C@H](O)[C@@H](N)[C@@H]1O. The van der Waals surface area contributed by atoms with Crippen LogP contribution in [0.1, 0.15) is 13.3 Å². The summed E-state index contributed by atoms with van der Waals surface area (Å²) >= 11 is 0. The largest absolute Gasteiger partial charge is 0.389 e. The van der Waals surface area contributed by atoms with E-state index in [1.165, 1.54) is 0 Å². The summed E-state index contributed by atoms with van der Waals surface area (Å²) in [6.45, 7) is 2.59. The first kappa shape index (κ1) is 29.0. The van der Waals surface area contributed by atoms with Crippen LogP contribution in [0.3, 0.4) is 0 Å². The van der Waals surface area contributed by atoms with Crippen molar-refractivity contribution >= 4 is 0 Å². The Labute approximate surface area is 203 Å². The van der Waals surface area contributed by atoms with Crippen molar-refractivity contribution in [1.29, 1.82) is 0 Å². The van der Waals surface area contributed by atoms with Gasteiger partial charge >= 0.3 is 0 Å². The zero-order valence-electron chi connectivity index (χ0n) is 19.6. The fourth-order valence-corrected chi connectivity index (χ4v) is 4.70. The van der Waals surface area contributed by atoms with Gasteiger partial charge < -0.3 is 77.8 Å². The maximum absolute atomic E-state index is 11.1. The molecule has 0 amide bonds. The first-order valence-corrected chi connectivity index (χ1v) is 11.9. The van der Waals surface area contributed by atoms with E-state index in [-0.39, 0.29) is 19.5 Å². The van der Waals surface area contributed by atoms with Gasteiger partial charge in [-0.05, 0) is 13.0 Å². The van der Waals surface area contributed by atoms with E-state index in [4.69, 9.17) is 41.9 Å². The standard InChI is InChI=1S/C20H41N5O10/c1-2-25-5-9-11(26)10(24)13(28)19(33-9)34-17-6(22)3-7(23)18(16(17)31)35-20-15(30)14(29)12(27)8(4-21)32-20/h6-20,25-31H,2-5,21-24H2,1H3/t6-,7+,8-,9-,10+,11-,12-,13-,14+,15-,16-,17+,18-,19-,20-/m1/s1. The highest BCUT2D eigenvalue weighted by molar-refractivity contribution is 5.01. The van der Waals surface area contributed by atoms with E-state index in [1.807, 2.05) is 6.92 Å². The van der Waals surface area contributed by atoms with Crippen LogP contribution in [0.25, 0.3) is 0 Å². The number of aliphatic hydroxyl groups excluding tert-OH is 6. The molecule has 0 aromatic heterocycles. The molecule has 2 aliphatic heterocycles. The summed E-state index contributed by atoms with van der Waals surface area (Å²) in [5, 5.41) is 65.4. The number of nitrogens with one attached hydrogen (secondary N) is 1. The number of aliphatic hydroxyl groups is 6. The Morgan fingerprint density at radius 3 is 1.83 bits per heavy atom. The molecule has 0 aromatic carbocycles. The molecule has 3 aliphatic rings. The van der Waals surface area contributed by atoms with E-state index in [0.717, 1.165) is 0 Å². The molecule has 0 spiro atoms. The predicted molar refractivity (Wildman–Crippen MR) is 119 cm³/mol. The number of ether oxygens (including phenoxy) is 4. The van der Waals surface area contributed by atoms with Crippen LogP contribution >= 0.6 is 0 Å². The first-order chi connectivity index (χ1) is 16.5. The maximum Gasteiger partial charge on any atom is 0.187 e. The smallest absolute Gasteiger partial charge is 0.187 e. The number of nitrogens with two attached hydrogens (primary N) is 4. The van der Waals surface area contributed by atoms with E-state index in [0.29, 0.717) is 6.54 Å². The van der Waals surface area contributed by atoms with Gasteiger partial charge in [-0.1, -0.05) is 6.92 Å². The van der Waals surface area contributed by atoms with Gasteiger partial charge in [-0.25, -0.2) is 0 Å². The van der Waals surface area contributed by atoms with E-state index < -0.39 is 91.7 Å². The van der Waals surface area contributed by atoms with Crippen LogP contribution in [0.15, 0.2) is 0 Å². The number of likely N-dealkylation sites (N-methyl/N-ethyl adjacent to an activating group) is 1. The number of hydrogen-bond donors (Lipinski definition) is 11. The molecule has 0 aromatic rings. The molecule has 1 saturated carbocycles. The Morgan fingerprint density at radius 1 is 0.743 bits per heavy atom. The van der Waals surface area contributed by atoms with E-state index >= 15 is 0 Å². The number of rotatable bonds is 8. The molecule has 3 fully saturated rings. The lowest BCUT2D eigenvalue weighted by Crippen LogP contribution is -2.68. The lowest BCUT2D eigenvalue weighted by molar-refractivity contribution is -0.330. The minimum atomic E-state index is -1.64. The molecule has 15 nitrogen and oxygen atoms in total. The van der Waals surface area contributed by atoms with Crippen LogP contribution < -0.4 is 28.3 Å². The van der Waals surface area contributed by atoms with Crippen molar-refractivity contribution in [3.63, 3.8) is 0 Å². The Hall–Kier alpha value is -0.600. The van der Waals surface area contributed by atoms with Gasteiger partial charge in [-0.2, -0.15) is 0 Å². The van der Waals surface area contributed by atoms with Gasteiger partial charge in [0.1, 0.15) is 54.9 Å². The molecule has 206 valence electrons. The van der Waals surface area contributed by atoms with Crippen LogP contribution in [-0.4, -0.2) is 142 Å². The van der Waals surface area contributed by atoms with Gasteiger partial charge in [-0.15, -0.1) is 0 Å². The lowest BCUT2D eigenvalue weighted by atomic mass is 9.84. The van der Waals surface area contributed by atoms with Gasteiger partial charge in [0.05, 0.1) is 12.1 Å². The van der Waals surface area contributed by atoms with Crippen LogP contribution in [0, 0.1) is 0 Å². The van der Waals surface area contributed by atoms with Gasteiger partial charge in [-0.3, -0.25) is 0 Å². The average Bonchev–Trinajstić information content (AvgIpc) is 2.83. The minimum Gasteiger partial charge on any atom is -0.389 e. The summed E-state index contributed by atoms with van der Waals surface area (Å²) in [4.78, 5) is 0. The van der Waals surface area contributed by atoms with E-state index in [1.54, 1.807) is 0 Å². The molecular weight excluding hydrogens is 470 g/mol. The highest BCUT2D eigenvalue weighted by atomic mass is 16.7. The molecule has 15 atom stereocenters. The normalized spacial score (nSPS) is 51.3. The number of hydrogen-bond acceptors (Lipinski definition) is 15. The molecular formula is C20H41N5O10. The van der Waals surface area contributed by atoms with Crippen LogP contribution in [-0.2, 0) is 18.9 Å². The van der Waals surface area contributed by atoms with Crippen molar-refractivity contribution in [1.82, 2.24) is 5.32 Å². The summed E-state index contributed by atoms with van der Waals surface area (Å²) in [7, 11) is 0. The summed E-state index contributed by atoms with van der Waals surface area (Å²) in [6, 6.07) is -2.67. The molecule has 2 saturated heterocycles. The van der Waals surface area contributed by atoms with Crippen LogP contribution in [0.5, 0.6) is 0 Å². The molecule has 15 heteroatoms. The van der Waals surface area contributed by atoms with Gasteiger partial charge in [0.25, 0.3) is 0 Å². The van der Waals surface area contributed by atoms with Crippen molar-refractivity contribution < 1.29 is 49.6 Å². The van der Waals surface area contributed by atoms with Crippen LogP contribution in [0.2, 0.25) is 0 Å². The molecule has 35 heavy (non-hydrogen) atoms. The maximum atomic E-state index is 11.1. The van der Waals surface area contributed by atoms with E-state index in [9.17, 15) is 30.6 Å². The second-order valence-electron chi connectivity index (χ2n) is 9.41. The van der Waals surface area contributed by atoms with Gasteiger partial charge in [0.15, 0.2) is 12.6 Å². The van der Waals surface area contributed by atoms with Crippen molar-refractivity contribution in [2.24, 2.45) is 22.9 Å². The highest BCUT2D eigenvalue weighted by Gasteiger charge is 2.51. The zero-order valence-corrected chi connectivity index (χ0v) is 19.6. The second-order valence-corrected chi connectivity index (χ2v) is 9.41. The second kappa shape index (κ2) is 12.3. The van der Waals surface area contributed by atoms with Gasteiger partial charge in [0, 0.05) is 25.2 Å². The fourth-order valence-electron chi connectivity index (χ4n) is 4.70. The summed E-state index contributed by atoms with van der Waals surface area (Å²) in [5.74, 6) is 0. The van der Waals surface area contributed by atoms with Crippen molar-refractivity contribution in [3.05, 3.63) is 0 Å². The topological polar surface area (TPSA) is 274 Å². The Morgan fingerprint density at radius 2 is 1.29 bits per heavy atom. The molecule has 0 bridgehead atoms. The van der Waals surface area contributed by atoms with Crippen molar-refractivity contribution in [3.8, 4) is 0 Å². The Kier molecular flexibility index (Phi) is 10.2. The first-order valence-electron chi connectivity index (χ1n) is 11.9. The summed E-state index contributed by atoms with van der Waals surface area (Å²) < 4.78 is 22.8. The third-order valence-corrected chi connectivity index (χ3v) is 6.90. The fraction of sp³-hybridized carbons (Fsp3) is 1.00. The zero-order chi connectivity index (χ0) is 26.0. The summed E-state index contributed by atoms with van der Waals surface area (Å²) in [6.07, 6.45) is -15.4. The molecule has 15 N–H and O–H groups in total. The minimum absolute atomic E-state index is 0.124. The van der Waals surface area contributed by atoms with Crippen molar-refractivity contribution in [2.75, 3.05) is 19.6 Å². The predicted octanol–water partition coefficient (Wildman–Crippen LogP) is -6.67. The molecule has 1 aliphatic carbocycles. The lowest BCUT2D eigenvalue weighted by Gasteiger charge is -2.48. The van der Waals surface area contributed by atoms with Crippen molar-refractivity contribution in [2.45, 2.75) is 105 Å². The Balaban J connectivity index is 1.71. The molecule has 2 heterocycles. The molecule has 3 rings (SSSR count). The molecule has 0 unspecified atom stereocenters. The van der Waals surface area contributed by atoms with E-state index in [2.05, 4.69) is 5.32 Å². The monoisotopic (exact) mass is 511 g/mol. The molecule has 0 radical (unpaired) electrons. The van der Waals surface area contributed by atoms with Crippen LogP contribution in [0.4, 0.5) is 0 Å². The highest BCUT2D eigenvalue weighted by Crippen LogP contribution is 2.31. The Bertz CT molecular complexity index is 668. The quantitative estimate of drug-likeness (QED) is 0.144. The van der Waals surface area contributed by atoms with Gasteiger partial charge in [0.2, 0.25) is 0 Å². The summed E-state index contributed by atoms with van der Waals surface area (Å²) in [5.41, 5.74) is 23.9. The third kappa shape index (κ3) is 6.11. The average molecular weight is 512 g/mol.